The van der Waals surface area contributed by atoms with Gasteiger partial charge in [-0.3, -0.25) is 9.59 Å². The highest BCUT2D eigenvalue weighted by molar-refractivity contribution is 5.91. The van der Waals surface area contributed by atoms with E-state index in [2.05, 4.69) is 10.6 Å². The third-order valence-electron chi connectivity index (χ3n) is 2.68. The number of piperazine rings is 1. The Kier molecular flexibility index (Phi) is 4.33. The van der Waals surface area contributed by atoms with E-state index in [1.165, 1.54) is 7.05 Å². The lowest BCUT2D eigenvalue weighted by Gasteiger charge is -2.36. The normalized spacial score (nSPS) is 21.2. The Hall–Kier alpha value is -1.45. The number of hydrogen-bond donors (Lipinski definition) is 2. The van der Waals surface area contributed by atoms with E-state index >= 15 is 0 Å². The van der Waals surface area contributed by atoms with Crippen LogP contribution in [-0.2, 0) is 9.59 Å². The fraction of sp³-hybridized carbons (Fsp3) is 0.778. The van der Waals surface area contributed by atoms with Crippen LogP contribution in [0.2, 0.25) is 0 Å². The van der Waals surface area contributed by atoms with Crippen molar-refractivity contribution < 1.29 is 31.5 Å². The molecule has 0 bridgehead atoms. The summed E-state index contributed by atoms with van der Waals surface area (Å²) in [5.74, 6) is -8.72. The number of rotatable bonds is 2. The van der Waals surface area contributed by atoms with E-state index in [1.807, 2.05) is 0 Å². The molecule has 1 aliphatic rings. The summed E-state index contributed by atoms with van der Waals surface area (Å²) in [7, 11) is 1.20. The molecule has 1 rings (SSSR count). The molecule has 1 atom stereocenters. The molecular weight excluding hydrogens is 277 g/mol. The highest BCUT2D eigenvalue weighted by Gasteiger charge is 2.65. The first-order chi connectivity index (χ1) is 8.63. The van der Waals surface area contributed by atoms with Gasteiger partial charge in [-0.2, -0.15) is 22.0 Å². The number of amides is 2. The van der Waals surface area contributed by atoms with Crippen molar-refractivity contribution in [2.75, 3.05) is 26.7 Å². The monoisotopic (exact) mass is 289 g/mol. The van der Waals surface area contributed by atoms with E-state index < -0.39 is 36.5 Å². The molecule has 0 radical (unpaired) electrons. The fourth-order valence-corrected chi connectivity index (χ4v) is 1.65. The van der Waals surface area contributed by atoms with Gasteiger partial charge in [0.15, 0.2) is 0 Å². The van der Waals surface area contributed by atoms with E-state index in [9.17, 15) is 31.5 Å². The van der Waals surface area contributed by atoms with E-state index in [0.29, 0.717) is 0 Å². The third kappa shape index (κ3) is 2.94. The maximum Gasteiger partial charge on any atom is 0.463 e. The van der Waals surface area contributed by atoms with E-state index in [4.69, 9.17) is 0 Å². The molecular formula is C9H12F5N3O2. The van der Waals surface area contributed by atoms with Gasteiger partial charge >= 0.3 is 18.0 Å². The van der Waals surface area contributed by atoms with Gasteiger partial charge in [0.1, 0.15) is 6.04 Å². The molecule has 0 aromatic heterocycles. The van der Waals surface area contributed by atoms with Crippen LogP contribution in [0.3, 0.4) is 0 Å². The Morgan fingerprint density at radius 3 is 2.32 bits per heavy atom. The number of nitrogens with zero attached hydrogens (tertiary/aromatic N) is 1. The maximum absolute atomic E-state index is 13.0. The zero-order chi connectivity index (χ0) is 14.8. The number of hydrogen-bond acceptors (Lipinski definition) is 3. The van der Waals surface area contributed by atoms with Gasteiger partial charge in [-0.25, -0.2) is 0 Å². The molecule has 2 N–H and O–H groups in total. The minimum atomic E-state index is -5.98. The lowest BCUT2D eigenvalue weighted by atomic mass is 10.1. The minimum absolute atomic E-state index is 0.0349. The second-order valence-corrected chi connectivity index (χ2v) is 3.90. The van der Waals surface area contributed by atoms with Crippen molar-refractivity contribution in [2.45, 2.75) is 18.1 Å². The van der Waals surface area contributed by atoms with E-state index in [1.54, 1.807) is 0 Å². The molecule has 1 heterocycles. The minimum Gasteiger partial charge on any atom is -0.357 e. The van der Waals surface area contributed by atoms with Gasteiger partial charge < -0.3 is 15.5 Å². The molecule has 0 aliphatic carbocycles. The van der Waals surface area contributed by atoms with Gasteiger partial charge in [0.2, 0.25) is 5.91 Å². The van der Waals surface area contributed by atoms with E-state index in [0.717, 1.165) is 0 Å². The first-order valence-electron chi connectivity index (χ1n) is 5.31. The van der Waals surface area contributed by atoms with Gasteiger partial charge in [-0.05, 0) is 0 Å². The Bertz CT molecular complexity index is 371. The maximum atomic E-state index is 13.0. The highest BCUT2D eigenvalue weighted by atomic mass is 19.4. The summed E-state index contributed by atoms with van der Waals surface area (Å²) in [6.45, 7) is -0.547. The lowest BCUT2D eigenvalue weighted by Crippen LogP contribution is -2.64. The molecule has 10 heteroatoms. The summed E-state index contributed by atoms with van der Waals surface area (Å²) in [5.41, 5.74) is 0. The molecule has 110 valence electrons. The number of carbonyl (C=O) groups excluding carboxylic acids is 2. The average Bonchev–Trinajstić information content (AvgIpc) is 2.35. The van der Waals surface area contributed by atoms with Crippen LogP contribution in [0, 0.1) is 0 Å². The zero-order valence-electron chi connectivity index (χ0n) is 9.85. The van der Waals surface area contributed by atoms with Gasteiger partial charge in [-0.15, -0.1) is 0 Å². The van der Waals surface area contributed by atoms with Crippen LogP contribution >= 0.6 is 0 Å². The van der Waals surface area contributed by atoms with Crippen LogP contribution in [0.5, 0.6) is 0 Å². The fourth-order valence-electron chi connectivity index (χ4n) is 1.65. The van der Waals surface area contributed by atoms with E-state index in [-0.39, 0.29) is 18.0 Å². The number of carbonyl (C=O) groups is 2. The van der Waals surface area contributed by atoms with Gasteiger partial charge in [0.25, 0.3) is 0 Å². The lowest BCUT2D eigenvalue weighted by molar-refractivity contribution is -0.275. The Morgan fingerprint density at radius 1 is 1.26 bits per heavy atom. The van der Waals surface area contributed by atoms with Crippen LogP contribution in [-0.4, -0.2) is 61.5 Å². The molecule has 1 aliphatic heterocycles. The Morgan fingerprint density at radius 2 is 1.84 bits per heavy atom. The summed E-state index contributed by atoms with van der Waals surface area (Å²) in [5, 5.41) is 4.75. The largest absolute Gasteiger partial charge is 0.463 e. The van der Waals surface area contributed by atoms with Crippen LogP contribution in [0.25, 0.3) is 0 Å². The third-order valence-corrected chi connectivity index (χ3v) is 2.68. The smallest absolute Gasteiger partial charge is 0.357 e. The number of halogens is 5. The van der Waals surface area contributed by atoms with Crippen molar-refractivity contribution in [1.29, 1.82) is 0 Å². The molecule has 0 aromatic carbocycles. The molecule has 5 nitrogen and oxygen atoms in total. The van der Waals surface area contributed by atoms with Crippen LogP contribution in [0.4, 0.5) is 22.0 Å². The molecule has 19 heavy (non-hydrogen) atoms. The zero-order valence-corrected chi connectivity index (χ0v) is 9.85. The number of likely N-dealkylation sites (N-methyl/N-ethyl adjacent to an activating group) is 1. The topological polar surface area (TPSA) is 61.4 Å². The van der Waals surface area contributed by atoms with Crippen molar-refractivity contribution in [2.24, 2.45) is 0 Å². The predicted molar refractivity (Wildman–Crippen MR) is 53.4 cm³/mol. The van der Waals surface area contributed by atoms with Crippen molar-refractivity contribution in [3.63, 3.8) is 0 Å². The second kappa shape index (κ2) is 5.27. The van der Waals surface area contributed by atoms with Crippen LogP contribution in [0.1, 0.15) is 0 Å². The molecule has 0 spiro atoms. The Balaban J connectivity index is 2.98. The summed E-state index contributed by atoms with van der Waals surface area (Å²) in [6, 6.07) is -1.39. The first-order valence-corrected chi connectivity index (χ1v) is 5.31. The van der Waals surface area contributed by atoms with Crippen molar-refractivity contribution >= 4 is 11.8 Å². The number of alkyl halides is 5. The SMILES string of the molecule is CNC(=O)C1CNCCN1C(=O)C(F)(F)C(F)(F)F. The van der Waals surface area contributed by atoms with Gasteiger partial charge in [0, 0.05) is 26.7 Å². The molecule has 1 unspecified atom stereocenters. The summed E-state index contributed by atoms with van der Waals surface area (Å²) >= 11 is 0. The van der Waals surface area contributed by atoms with Crippen molar-refractivity contribution in [3.05, 3.63) is 0 Å². The molecule has 1 saturated heterocycles. The molecule has 0 saturated carbocycles. The quantitative estimate of drug-likeness (QED) is 0.688. The molecule has 2 amide bonds. The van der Waals surface area contributed by atoms with Crippen LogP contribution in [0.15, 0.2) is 0 Å². The highest BCUT2D eigenvalue weighted by Crippen LogP contribution is 2.37. The van der Waals surface area contributed by atoms with Crippen LogP contribution < -0.4 is 10.6 Å². The molecule has 1 fully saturated rings. The Labute approximate surface area is 105 Å². The summed E-state index contributed by atoms with van der Waals surface area (Å²) in [4.78, 5) is 23.0. The predicted octanol–water partition coefficient (Wildman–Crippen LogP) is -0.270. The number of nitrogens with one attached hydrogen (secondary N) is 2. The van der Waals surface area contributed by atoms with Gasteiger partial charge in [-0.1, -0.05) is 0 Å². The van der Waals surface area contributed by atoms with Crippen molar-refractivity contribution in [3.8, 4) is 0 Å². The second-order valence-electron chi connectivity index (χ2n) is 3.90. The summed E-state index contributed by atoms with van der Waals surface area (Å²) < 4.78 is 62.4. The average molecular weight is 289 g/mol. The van der Waals surface area contributed by atoms with Crippen molar-refractivity contribution in [1.82, 2.24) is 15.5 Å². The van der Waals surface area contributed by atoms with Gasteiger partial charge in [0.05, 0.1) is 0 Å². The standard InChI is InChI=1S/C9H12F5N3O2/c1-15-6(18)5-4-16-2-3-17(5)7(19)8(10,11)9(12,13)14/h5,16H,2-4H2,1H3,(H,15,18). The molecule has 0 aromatic rings. The first kappa shape index (κ1) is 15.6. The summed E-state index contributed by atoms with van der Waals surface area (Å²) in [6.07, 6.45) is -5.98.